The number of furan rings is 1. The molecule has 3 aromatic carbocycles. The Kier molecular flexibility index (Phi) is 5.32. The number of halogens is 3. The Balaban J connectivity index is 1.67. The van der Waals surface area contributed by atoms with Gasteiger partial charge in [0.05, 0.1) is 18.7 Å². The molecular weight excluding hydrogens is 463 g/mol. The monoisotopic (exact) mass is 479 g/mol. The number of fused-ring (bicyclic) bond motifs is 1. The first-order valence-corrected chi connectivity index (χ1v) is 10.4. The van der Waals surface area contributed by atoms with Crippen LogP contribution in [0.5, 0.6) is 5.75 Å². The maximum absolute atomic E-state index is 14.0. The van der Waals surface area contributed by atoms with E-state index in [1.54, 1.807) is 18.2 Å². The van der Waals surface area contributed by atoms with E-state index in [2.05, 4.69) is 0 Å². The molecular formula is C26H16F3NO5. The van der Waals surface area contributed by atoms with E-state index in [0.717, 1.165) is 35.2 Å². The number of aliphatic hydroxyl groups is 1. The zero-order valence-electron chi connectivity index (χ0n) is 18.1. The van der Waals surface area contributed by atoms with E-state index in [-0.39, 0.29) is 22.6 Å². The number of aliphatic hydroxyl groups excluding tert-OH is 1. The summed E-state index contributed by atoms with van der Waals surface area (Å²) in [6.45, 7) is 0. The van der Waals surface area contributed by atoms with Gasteiger partial charge in [0.1, 0.15) is 5.82 Å². The first-order chi connectivity index (χ1) is 16.8. The first kappa shape index (κ1) is 22.3. The number of carbonyl (C=O) groups is 2. The van der Waals surface area contributed by atoms with Gasteiger partial charge in [-0.1, -0.05) is 24.3 Å². The van der Waals surface area contributed by atoms with Crippen molar-refractivity contribution in [2.45, 2.75) is 6.04 Å². The number of hydrogen-bond acceptors (Lipinski definition) is 5. The van der Waals surface area contributed by atoms with E-state index in [1.165, 1.54) is 25.3 Å². The second kappa shape index (κ2) is 8.35. The molecule has 0 saturated heterocycles. The second-order valence-electron chi connectivity index (χ2n) is 7.81. The van der Waals surface area contributed by atoms with Gasteiger partial charge in [0.2, 0.25) is 5.78 Å². The van der Waals surface area contributed by atoms with Crippen molar-refractivity contribution < 1.29 is 37.0 Å². The van der Waals surface area contributed by atoms with Crippen LogP contribution in [0.3, 0.4) is 0 Å². The molecule has 4 aromatic rings. The molecule has 1 aliphatic rings. The fourth-order valence-electron chi connectivity index (χ4n) is 4.14. The van der Waals surface area contributed by atoms with Gasteiger partial charge in [0, 0.05) is 17.1 Å². The van der Waals surface area contributed by atoms with Crippen LogP contribution in [0.1, 0.15) is 22.2 Å². The molecule has 1 aromatic heterocycles. The molecule has 1 unspecified atom stereocenters. The minimum atomic E-state index is -1.27. The molecule has 9 heteroatoms. The summed E-state index contributed by atoms with van der Waals surface area (Å²) < 4.78 is 52.2. The number of ketones is 1. The van der Waals surface area contributed by atoms with Crippen molar-refractivity contribution in [1.29, 1.82) is 0 Å². The number of para-hydroxylation sites is 1. The van der Waals surface area contributed by atoms with Crippen LogP contribution in [0.15, 0.2) is 82.5 Å². The molecule has 1 amide bonds. The van der Waals surface area contributed by atoms with Gasteiger partial charge < -0.3 is 14.3 Å². The number of carbonyl (C=O) groups excluding carboxylic acids is 2. The highest BCUT2D eigenvalue weighted by Crippen LogP contribution is 2.43. The number of benzene rings is 3. The zero-order chi connectivity index (χ0) is 24.9. The highest BCUT2D eigenvalue weighted by molar-refractivity contribution is 6.20. The average molecular weight is 479 g/mol. The van der Waals surface area contributed by atoms with E-state index in [0.29, 0.717) is 16.7 Å². The lowest BCUT2D eigenvalue weighted by atomic mass is 9.94. The molecule has 2 heterocycles. The molecule has 0 saturated carbocycles. The minimum absolute atomic E-state index is 0.108. The van der Waals surface area contributed by atoms with Crippen LogP contribution < -0.4 is 9.64 Å². The largest absolute Gasteiger partial charge is 0.503 e. The molecule has 5 rings (SSSR count). The van der Waals surface area contributed by atoms with Gasteiger partial charge in [-0.2, -0.15) is 0 Å². The third-order valence-electron chi connectivity index (χ3n) is 5.77. The van der Waals surface area contributed by atoms with Crippen molar-refractivity contribution in [3.63, 3.8) is 0 Å². The second-order valence-corrected chi connectivity index (χ2v) is 7.81. The first-order valence-electron chi connectivity index (χ1n) is 10.4. The number of rotatable bonds is 5. The van der Waals surface area contributed by atoms with Gasteiger partial charge in [-0.15, -0.1) is 0 Å². The molecule has 0 bridgehead atoms. The van der Waals surface area contributed by atoms with E-state index in [1.807, 2.05) is 0 Å². The van der Waals surface area contributed by atoms with Gasteiger partial charge in [0.15, 0.2) is 34.5 Å². The summed E-state index contributed by atoms with van der Waals surface area (Å²) >= 11 is 0. The fraction of sp³-hybridized carbons (Fsp3) is 0.0769. The standard InChI is InChI=1S/C26H16F3NO5/c1-34-19-4-2-3-14-11-20(35-25(14)19)23(31)21-22(13-5-7-15(27)8-6-13)30(26(33)24(21)32)16-9-10-17(28)18(29)12-16/h2-12,22,32H,1H3. The number of ether oxygens (including phenoxy) is 1. The highest BCUT2D eigenvalue weighted by atomic mass is 19.2. The van der Waals surface area contributed by atoms with Crippen molar-refractivity contribution in [2.24, 2.45) is 0 Å². The lowest BCUT2D eigenvalue weighted by Gasteiger charge is -2.26. The lowest BCUT2D eigenvalue weighted by molar-refractivity contribution is -0.117. The van der Waals surface area contributed by atoms with Crippen LogP contribution in [0.25, 0.3) is 11.0 Å². The number of nitrogens with zero attached hydrogens (tertiary/aromatic N) is 1. The highest BCUT2D eigenvalue weighted by Gasteiger charge is 2.45. The van der Waals surface area contributed by atoms with Gasteiger partial charge in [-0.05, 0) is 42.0 Å². The number of anilines is 1. The van der Waals surface area contributed by atoms with E-state index in [4.69, 9.17) is 9.15 Å². The van der Waals surface area contributed by atoms with Crippen molar-refractivity contribution in [2.75, 3.05) is 12.0 Å². The predicted octanol–water partition coefficient (Wildman–Crippen LogP) is 5.64. The van der Waals surface area contributed by atoms with Crippen LogP contribution >= 0.6 is 0 Å². The molecule has 1 aliphatic heterocycles. The summed E-state index contributed by atoms with van der Waals surface area (Å²) in [5.41, 5.74) is 0.0809. The summed E-state index contributed by atoms with van der Waals surface area (Å²) in [6.07, 6.45) is 0. The van der Waals surface area contributed by atoms with Crippen molar-refractivity contribution in [3.8, 4) is 5.75 Å². The summed E-state index contributed by atoms with van der Waals surface area (Å²) in [5.74, 6) is -5.45. The molecule has 176 valence electrons. The summed E-state index contributed by atoms with van der Waals surface area (Å²) in [4.78, 5) is 27.6. The van der Waals surface area contributed by atoms with Gasteiger partial charge >= 0.3 is 0 Å². The Morgan fingerprint density at radius 1 is 1.00 bits per heavy atom. The summed E-state index contributed by atoms with van der Waals surface area (Å²) in [6, 6.07) is 12.8. The zero-order valence-corrected chi connectivity index (χ0v) is 18.1. The number of methoxy groups -OCH3 is 1. The van der Waals surface area contributed by atoms with Gasteiger partial charge in [-0.25, -0.2) is 13.2 Å². The lowest BCUT2D eigenvalue weighted by Crippen LogP contribution is -2.31. The molecule has 0 fully saturated rings. The van der Waals surface area contributed by atoms with Crippen LogP contribution in [0.4, 0.5) is 18.9 Å². The fourth-order valence-corrected chi connectivity index (χ4v) is 4.14. The van der Waals surface area contributed by atoms with E-state index in [9.17, 15) is 27.9 Å². The number of amides is 1. The molecule has 1 N–H and O–H groups in total. The normalized spacial score (nSPS) is 15.8. The quantitative estimate of drug-likeness (QED) is 0.375. The molecule has 0 radical (unpaired) electrons. The van der Waals surface area contributed by atoms with Crippen LogP contribution in [0, 0.1) is 17.5 Å². The third-order valence-corrected chi connectivity index (χ3v) is 5.77. The van der Waals surface area contributed by atoms with Crippen molar-refractivity contribution in [3.05, 3.63) is 107 Å². The Labute approximate surface area is 196 Å². The van der Waals surface area contributed by atoms with E-state index < -0.39 is 40.9 Å². The minimum Gasteiger partial charge on any atom is -0.503 e. The maximum Gasteiger partial charge on any atom is 0.294 e. The molecule has 0 spiro atoms. The molecule has 6 nitrogen and oxygen atoms in total. The van der Waals surface area contributed by atoms with Crippen LogP contribution in [0.2, 0.25) is 0 Å². The SMILES string of the molecule is COc1cccc2cc(C(=O)C3=C(O)C(=O)N(c4ccc(F)c(F)c4)C3c3ccc(F)cc3)oc12. The van der Waals surface area contributed by atoms with Gasteiger partial charge in [-0.3, -0.25) is 14.5 Å². The van der Waals surface area contributed by atoms with Crippen LogP contribution in [-0.4, -0.2) is 23.9 Å². The summed E-state index contributed by atoms with van der Waals surface area (Å²) in [5, 5.41) is 11.3. The number of Topliss-reactive ketones (excluding diaryl/α,β-unsaturated/α-hetero) is 1. The Hall–Kier alpha value is -4.53. The average Bonchev–Trinajstić information content (AvgIpc) is 3.40. The Morgan fingerprint density at radius 2 is 1.74 bits per heavy atom. The maximum atomic E-state index is 14.0. The Morgan fingerprint density at radius 3 is 2.43 bits per heavy atom. The molecule has 35 heavy (non-hydrogen) atoms. The van der Waals surface area contributed by atoms with Crippen molar-refractivity contribution >= 4 is 28.3 Å². The summed E-state index contributed by atoms with van der Waals surface area (Å²) in [7, 11) is 1.44. The number of hydrogen-bond donors (Lipinski definition) is 1. The van der Waals surface area contributed by atoms with E-state index >= 15 is 0 Å². The third kappa shape index (κ3) is 3.61. The smallest absolute Gasteiger partial charge is 0.294 e. The topological polar surface area (TPSA) is 80.0 Å². The molecule has 0 aliphatic carbocycles. The molecule has 1 atom stereocenters. The van der Waals surface area contributed by atoms with Crippen molar-refractivity contribution in [1.82, 2.24) is 0 Å². The van der Waals surface area contributed by atoms with Gasteiger partial charge in [0.25, 0.3) is 5.91 Å². The Bertz CT molecular complexity index is 1520. The predicted molar refractivity (Wildman–Crippen MR) is 120 cm³/mol. The van der Waals surface area contributed by atoms with Crippen LogP contribution in [-0.2, 0) is 4.79 Å².